The summed E-state index contributed by atoms with van der Waals surface area (Å²) in [4.78, 5) is 28.9. The van der Waals surface area contributed by atoms with Crippen LogP contribution in [0.2, 0.25) is 0 Å². The van der Waals surface area contributed by atoms with Crippen molar-refractivity contribution in [3.05, 3.63) is 65.5 Å². The van der Waals surface area contributed by atoms with Crippen molar-refractivity contribution >= 4 is 11.8 Å². The van der Waals surface area contributed by atoms with Crippen LogP contribution in [0.1, 0.15) is 28.8 Å². The number of nitrogens with zero attached hydrogens (tertiary/aromatic N) is 2. The summed E-state index contributed by atoms with van der Waals surface area (Å²) in [5, 5.41) is 0. The van der Waals surface area contributed by atoms with Gasteiger partial charge in [-0.15, -0.1) is 0 Å². The van der Waals surface area contributed by atoms with Crippen molar-refractivity contribution in [1.29, 1.82) is 0 Å². The number of morpholine rings is 1. The zero-order chi connectivity index (χ0) is 21.6. The molecule has 0 aromatic heterocycles. The number of benzene rings is 2. The predicted molar refractivity (Wildman–Crippen MR) is 113 cm³/mol. The Kier molecular flexibility index (Phi) is 6.82. The summed E-state index contributed by atoms with van der Waals surface area (Å²) in [6.07, 6.45) is 1.99. The van der Waals surface area contributed by atoms with Gasteiger partial charge >= 0.3 is 0 Å². The van der Waals surface area contributed by atoms with Crippen molar-refractivity contribution in [2.24, 2.45) is 0 Å². The first-order chi connectivity index (χ1) is 15.1. The highest BCUT2D eigenvalue weighted by atomic mass is 19.1. The number of hydrogen-bond acceptors (Lipinski definition) is 4. The van der Waals surface area contributed by atoms with Gasteiger partial charge in [0, 0.05) is 25.2 Å². The van der Waals surface area contributed by atoms with Crippen molar-refractivity contribution in [2.45, 2.75) is 25.3 Å². The van der Waals surface area contributed by atoms with Crippen molar-refractivity contribution < 1.29 is 23.5 Å². The topological polar surface area (TPSA) is 59.1 Å². The third-order valence-corrected chi connectivity index (χ3v) is 5.78. The fourth-order valence-corrected chi connectivity index (χ4v) is 4.10. The normalized spacial score (nSPS) is 18.8. The van der Waals surface area contributed by atoms with Gasteiger partial charge in [-0.2, -0.15) is 0 Å². The largest absolute Gasteiger partial charge is 0.491 e. The van der Waals surface area contributed by atoms with Crippen LogP contribution in [-0.4, -0.2) is 67.1 Å². The van der Waals surface area contributed by atoms with E-state index in [-0.39, 0.29) is 30.1 Å². The molecule has 4 rings (SSSR count). The lowest BCUT2D eigenvalue weighted by Gasteiger charge is -2.27. The zero-order valence-electron chi connectivity index (χ0n) is 17.5. The van der Waals surface area contributed by atoms with E-state index in [1.54, 1.807) is 41.3 Å². The van der Waals surface area contributed by atoms with E-state index >= 15 is 0 Å². The number of halogens is 1. The molecule has 0 N–H and O–H groups in total. The van der Waals surface area contributed by atoms with Crippen molar-refractivity contribution in [2.75, 3.05) is 39.5 Å². The van der Waals surface area contributed by atoms with Crippen LogP contribution >= 0.6 is 0 Å². The minimum absolute atomic E-state index is 0.000219. The van der Waals surface area contributed by atoms with E-state index in [0.29, 0.717) is 56.3 Å². The summed E-state index contributed by atoms with van der Waals surface area (Å²) in [5.41, 5.74) is 1.30. The van der Waals surface area contributed by atoms with E-state index in [9.17, 15) is 14.0 Å². The van der Waals surface area contributed by atoms with Gasteiger partial charge in [-0.05, 0) is 54.8 Å². The maximum Gasteiger partial charge on any atom is 0.254 e. The van der Waals surface area contributed by atoms with Crippen LogP contribution in [0.15, 0.2) is 48.5 Å². The highest BCUT2D eigenvalue weighted by Crippen LogP contribution is 2.21. The van der Waals surface area contributed by atoms with Gasteiger partial charge < -0.3 is 19.3 Å². The Morgan fingerprint density at radius 2 is 1.84 bits per heavy atom. The van der Waals surface area contributed by atoms with Crippen molar-refractivity contribution in [3.8, 4) is 5.75 Å². The molecule has 1 atom stereocenters. The Balaban J connectivity index is 1.30. The molecule has 31 heavy (non-hydrogen) atoms. The van der Waals surface area contributed by atoms with Gasteiger partial charge in [-0.1, -0.05) is 12.1 Å². The maximum absolute atomic E-state index is 13.4. The van der Waals surface area contributed by atoms with Crippen LogP contribution in [0.4, 0.5) is 4.39 Å². The monoisotopic (exact) mass is 426 g/mol. The molecule has 2 saturated heterocycles. The lowest BCUT2D eigenvalue weighted by molar-refractivity contribution is -0.131. The number of amides is 2. The van der Waals surface area contributed by atoms with E-state index in [4.69, 9.17) is 9.47 Å². The first-order valence-electron chi connectivity index (χ1n) is 10.7. The fraction of sp³-hybridized carbons (Fsp3) is 0.417. The summed E-state index contributed by atoms with van der Waals surface area (Å²) >= 11 is 0. The number of rotatable bonds is 6. The Bertz CT molecular complexity index is 912. The van der Waals surface area contributed by atoms with E-state index in [1.807, 2.05) is 4.90 Å². The molecule has 2 fully saturated rings. The van der Waals surface area contributed by atoms with E-state index in [0.717, 1.165) is 12.8 Å². The molecule has 0 spiro atoms. The second-order valence-electron chi connectivity index (χ2n) is 7.93. The van der Waals surface area contributed by atoms with Gasteiger partial charge in [0.1, 0.15) is 18.2 Å². The quantitative estimate of drug-likeness (QED) is 0.713. The SMILES string of the molecule is O=C(c1ccc(OC[C@H]2CCCN2C(=O)Cc2cccc(F)c2)cc1)N1CCOCC1. The Labute approximate surface area is 181 Å². The summed E-state index contributed by atoms with van der Waals surface area (Å²) in [5.74, 6) is 0.327. The first-order valence-corrected chi connectivity index (χ1v) is 10.7. The highest BCUT2D eigenvalue weighted by molar-refractivity contribution is 5.94. The molecule has 0 bridgehead atoms. The molecular weight excluding hydrogens is 399 g/mol. The van der Waals surface area contributed by atoms with E-state index in [2.05, 4.69) is 0 Å². The second kappa shape index (κ2) is 9.92. The molecule has 2 aromatic carbocycles. The molecular formula is C24H27FN2O4. The average molecular weight is 426 g/mol. The van der Waals surface area contributed by atoms with Gasteiger partial charge in [0.2, 0.25) is 5.91 Å². The fourth-order valence-electron chi connectivity index (χ4n) is 4.10. The van der Waals surface area contributed by atoms with Crippen LogP contribution in [0.25, 0.3) is 0 Å². The van der Waals surface area contributed by atoms with Gasteiger partial charge in [-0.3, -0.25) is 9.59 Å². The summed E-state index contributed by atoms with van der Waals surface area (Å²) in [6.45, 7) is 3.45. The molecule has 0 saturated carbocycles. The summed E-state index contributed by atoms with van der Waals surface area (Å²) in [6, 6.07) is 13.3. The number of ether oxygens (including phenoxy) is 2. The second-order valence-corrected chi connectivity index (χ2v) is 7.93. The van der Waals surface area contributed by atoms with Gasteiger partial charge in [0.25, 0.3) is 5.91 Å². The molecule has 2 aliphatic heterocycles. The maximum atomic E-state index is 13.4. The van der Waals surface area contributed by atoms with Crippen LogP contribution in [0, 0.1) is 5.82 Å². The first kappa shape index (κ1) is 21.3. The third-order valence-electron chi connectivity index (χ3n) is 5.78. The molecule has 6 nitrogen and oxygen atoms in total. The molecule has 164 valence electrons. The van der Waals surface area contributed by atoms with Gasteiger partial charge in [-0.25, -0.2) is 4.39 Å². The minimum atomic E-state index is -0.331. The Hall–Kier alpha value is -2.93. The van der Waals surface area contributed by atoms with E-state index < -0.39 is 0 Å². The number of carbonyl (C=O) groups excluding carboxylic acids is 2. The predicted octanol–water partition coefficient (Wildman–Crippen LogP) is 2.91. The molecule has 0 aliphatic carbocycles. The lowest BCUT2D eigenvalue weighted by atomic mass is 10.1. The minimum Gasteiger partial charge on any atom is -0.491 e. The molecule has 2 aromatic rings. The van der Waals surface area contributed by atoms with Crippen molar-refractivity contribution in [3.63, 3.8) is 0 Å². The lowest BCUT2D eigenvalue weighted by Crippen LogP contribution is -2.40. The van der Waals surface area contributed by atoms with E-state index in [1.165, 1.54) is 12.1 Å². The van der Waals surface area contributed by atoms with Crippen LogP contribution < -0.4 is 4.74 Å². The number of likely N-dealkylation sites (tertiary alicyclic amines) is 1. The standard InChI is InChI=1S/C24H27FN2O4/c25-20-4-1-3-18(15-20)16-23(28)27-10-2-5-21(27)17-31-22-8-6-19(7-9-22)24(29)26-11-13-30-14-12-26/h1,3-4,6-9,15,21H,2,5,10-14,16-17H2/t21-/m1/s1. The molecule has 2 amide bonds. The van der Waals surface area contributed by atoms with Gasteiger partial charge in [0.15, 0.2) is 0 Å². The molecule has 2 heterocycles. The third kappa shape index (κ3) is 5.41. The molecule has 2 aliphatic rings. The zero-order valence-corrected chi connectivity index (χ0v) is 17.5. The number of hydrogen-bond donors (Lipinski definition) is 0. The number of carbonyl (C=O) groups is 2. The summed E-state index contributed by atoms with van der Waals surface area (Å²) < 4.78 is 24.6. The molecule has 0 radical (unpaired) electrons. The Morgan fingerprint density at radius 3 is 2.58 bits per heavy atom. The highest BCUT2D eigenvalue weighted by Gasteiger charge is 2.29. The summed E-state index contributed by atoms with van der Waals surface area (Å²) in [7, 11) is 0. The van der Waals surface area contributed by atoms with Crippen LogP contribution in [0.5, 0.6) is 5.75 Å². The Morgan fingerprint density at radius 1 is 1.06 bits per heavy atom. The van der Waals surface area contributed by atoms with Crippen LogP contribution in [-0.2, 0) is 16.0 Å². The van der Waals surface area contributed by atoms with Crippen LogP contribution in [0.3, 0.4) is 0 Å². The molecule has 7 heteroatoms. The average Bonchev–Trinajstić information content (AvgIpc) is 3.27. The van der Waals surface area contributed by atoms with Gasteiger partial charge in [0.05, 0.1) is 25.7 Å². The van der Waals surface area contributed by atoms with Crippen molar-refractivity contribution in [1.82, 2.24) is 9.80 Å². The smallest absolute Gasteiger partial charge is 0.254 e. The molecule has 0 unspecified atom stereocenters.